The monoisotopic (exact) mass is 395 g/mol. The largest absolute Gasteiger partial charge is 0.493 e. The van der Waals surface area contributed by atoms with E-state index in [1.165, 1.54) is 0 Å². The molecule has 0 fully saturated rings. The Morgan fingerprint density at radius 1 is 1.10 bits per heavy atom. The SMILES string of the molecule is Cc1c(C#N)c(O)n(Cc2cccnc2)c(=O)c1N=Nc1ccc2ccccc2c1. The molecule has 2 aromatic heterocycles. The van der Waals surface area contributed by atoms with Gasteiger partial charge in [0.15, 0.2) is 5.69 Å². The van der Waals surface area contributed by atoms with Crippen LogP contribution in [0.1, 0.15) is 16.7 Å². The molecule has 2 heterocycles. The Morgan fingerprint density at radius 3 is 2.63 bits per heavy atom. The van der Waals surface area contributed by atoms with Gasteiger partial charge in [0.25, 0.3) is 5.56 Å². The fourth-order valence-corrected chi connectivity index (χ4v) is 3.22. The zero-order chi connectivity index (χ0) is 21.1. The summed E-state index contributed by atoms with van der Waals surface area (Å²) in [5, 5.41) is 30.4. The number of aromatic nitrogens is 2. The lowest BCUT2D eigenvalue weighted by molar-refractivity contribution is 0.412. The van der Waals surface area contributed by atoms with E-state index in [9.17, 15) is 15.2 Å². The van der Waals surface area contributed by atoms with Crippen molar-refractivity contribution in [2.45, 2.75) is 13.5 Å². The highest BCUT2D eigenvalue weighted by Crippen LogP contribution is 2.28. The van der Waals surface area contributed by atoms with Gasteiger partial charge < -0.3 is 5.11 Å². The maximum absolute atomic E-state index is 13.0. The summed E-state index contributed by atoms with van der Waals surface area (Å²) in [5.41, 5.74) is 1.05. The lowest BCUT2D eigenvalue weighted by atomic mass is 10.1. The highest BCUT2D eigenvalue weighted by molar-refractivity contribution is 5.85. The van der Waals surface area contributed by atoms with Crippen molar-refractivity contribution in [3.05, 3.63) is 94.0 Å². The molecule has 0 unspecified atom stereocenters. The molecule has 4 rings (SSSR count). The highest BCUT2D eigenvalue weighted by Gasteiger charge is 2.19. The van der Waals surface area contributed by atoms with Crippen molar-refractivity contribution in [2.24, 2.45) is 10.2 Å². The predicted molar refractivity (Wildman–Crippen MR) is 113 cm³/mol. The first-order chi connectivity index (χ1) is 14.6. The van der Waals surface area contributed by atoms with Gasteiger partial charge in [-0.3, -0.25) is 14.3 Å². The Bertz CT molecular complexity index is 1370. The topological polar surface area (TPSA) is 104 Å². The van der Waals surface area contributed by atoms with Gasteiger partial charge in [0.1, 0.15) is 11.6 Å². The van der Waals surface area contributed by atoms with Crippen LogP contribution in [0.2, 0.25) is 0 Å². The lowest BCUT2D eigenvalue weighted by Crippen LogP contribution is -2.22. The Labute approximate surface area is 172 Å². The molecule has 0 saturated heterocycles. The maximum Gasteiger partial charge on any atom is 0.281 e. The normalized spacial score (nSPS) is 11.1. The molecule has 0 amide bonds. The number of aromatic hydroxyl groups is 1. The summed E-state index contributed by atoms with van der Waals surface area (Å²) in [7, 11) is 0. The van der Waals surface area contributed by atoms with Gasteiger partial charge in [0, 0.05) is 18.0 Å². The first-order valence-electron chi connectivity index (χ1n) is 9.24. The van der Waals surface area contributed by atoms with Gasteiger partial charge in [-0.25, -0.2) is 0 Å². The van der Waals surface area contributed by atoms with E-state index in [1.54, 1.807) is 37.5 Å². The predicted octanol–water partition coefficient (Wildman–Crippen LogP) is 4.75. The van der Waals surface area contributed by atoms with Gasteiger partial charge >= 0.3 is 0 Å². The summed E-state index contributed by atoms with van der Waals surface area (Å²) in [6.45, 7) is 1.63. The third-order valence-electron chi connectivity index (χ3n) is 4.83. The van der Waals surface area contributed by atoms with Gasteiger partial charge in [0.05, 0.1) is 12.2 Å². The Balaban J connectivity index is 1.80. The summed E-state index contributed by atoms with van der Waals surface area (Å²) in [5.74, 6) is -0.395. The van der Waals surface area contributed by atoms with Gasteiger partial charge in [-0.15, -0.1) is 5.11 Å². The van der Waals surface area contributed by atoms with E-state index in [-0.39, 0.29) is 23.4 Å². The van der Waals surface area contributed by atoms with Crippen molar-refractivity contribution >= 4 is 22.1 Å². The molecule has 0 bridgehead atoms. The van der Waals surface area contributed by atoms with E-state index in [2.05, 4.69) is 15.2 Å². The van der Waals surface area contributed by atoms with E-state index in [1.807, 2.05) is 42.5 Å². The molecule has 0 atom stereocenters. The molecule has 30 heavy (non-hydrogen) atoms. The van der Waals surface area contributed by atoms with E-state index >= 15 is 0 Å². The summed E-state index contributed by atoms with van der Waals surface area (Å²) in [6, 6.07) is 18.9. The number of hydrogen-bond acceptors (Lipinski definition) is 6. The summed E-state index contributed by atoms with van der Waals surface area (Å²) < 4.78 is 1.11. The standard InChI is InChI=1S/C23H17N5O2/c1-15-20(12-24)22(29)28(14-16-5-4-10-25-13-16)23(30)21(15)27-26-19-9-8-17-6-2-3-7-18(17)11-19/h2-11,13,29H,14H2,1H3. The van der Waals surface area contributed by atoms with Gasteiger partial charge in [-0.1, -0.05) is 36.4 Å². The van der Waals surface area contributed by atoms with Gasteiger partial charge in [0.2, 0.25) is 5.88 Å². The third kappa shape index (κ3) is 3.54. The van der Waals surface area contributed by atoms with Crippen molar-refractivity contribution in [3.8, 4) is 11.9 Å². The van der Waals surface area contributed by atoms with E-state index in [0.29, 0.717) is 11.3 Å². The minimum Gasteiger partial charge on any atom is -0.493 e. The van der Waals surface area contributed by atoms with Crippen LogP contribution in [0.15, 0.2) is 82.0 Å². The summed E-state index contributed by atoms with van der Waals surface area (Å²) in [6.07, 6.45) is 3.21. The van der Waals surface area contributed by atoms with Gasteiger partial charge in [-0.05, 0) is 41.5 Å². The van der Waals surface area contributed by atoms with Crippen LogP contribution in [-0.4, -0.2) is 14.7 Å². The zero-order valence-electron chi connectivity index (χ0n) is 16.1. The quantitative estimate of drug-likeness (QED) is 0.504. The Hall–Kier alpha value is -4.31. The van der Waals surface area contributed by atoms with Crippen molar-refractivity contribution in [2.75, 3.05) is 0 Å². The second-order valence-corrected chi connectivity index (χ2v) is 6.77. The summed E-state index contributed by atoms with van der Waals surface area (Å²) in [4.78, 5) is 17.1. The Kier molecular flexibility index (Phi) is 5.06. The first kappa shape index (κ1) is 19.0. The molecule has 4 aromatic rings. The molecule has 7 heteroatoms. The molecule has 0 aliphatic heterocycles. The minimum absolute atomic E-state index is 0.00838. The van der Waals surface area contributed by atoms with Crippen LogP contribution in [0.25, 0.3) is 10.8 Å². The molecule has 0 radical (unpaired) electrons. The Morgan fingerprint density at radius 2 is 1.90 bits per heavy atom. The smallest absolute Gasteiger partial charge is 0.281 e. The molecule has 0 saturated carbocycles. The molecule has 146 valence electrons. The number of pyridine rings is 2. The fourth-order valence-electron chi connectivity index (χ4n) is 3.22. The minimum atomic E-state index is -0.530. The van der Waals surface area contributed by atoms with Crippen molar-refractivity contribution in [1.82, 2.24) is 9.55 Å². The molecule has 7 nitrogen and oxygen atoms in total. The molecular weight excluding hydrogens is 378 g/mol. The number of hydrogen-bond donors (Lipinski definition) is 1. The molecule has 0 aliphatic carbocycles. The number of nitrogens with zero attached hydrogens (tertiary/aromatic N) is 5. The first-order valence-corrected chi connectivity index (χ1v) is 9.24. The van der Waals surface area contributed by atoms with E-state index < -0.39 is 11.4 Å². The second kappa shape index (κ2) is 7.97. The van der Waals surface area contributed by atoms with Crippen molar-refractivity contribution < 1.29 is 5.11 Å². The summed E-state index contributed by atoms with van der Waals surface area (Å²) >= 11 is 0. The van der Waals surface area contributed by atoms with Crippen LogP contribution in [0.3, 0.4) is 0 Å². The molecule has 0 spiro atoms. The number of benzene rings is 2. The van der Waals surface area contributed by atoms with E-state index in [4.69, 9.17) is 0 Å². The van der Waals surface area contributed by atoms with Crippen LogP contribution in [-0.2, 0) is 6.54 Å². The molecule has 0 aliphatic rings. The third-order valence-corrected chi connectivity index (χ3v) is 4.83. The van der Waals surface area contributed by atoms with Crippen molar-refractivity contribution in [3.63, 3.8) is 0 Å². The van der Waals surface area contributed by atoms with Crippen molar-refractivity contribution in [1.29, 1.82) is 5.26 Å². The lowest BCUT2D eigenvalue weighted by Gasteiger charge is -2.12. The average Bonchev–Trinajstić information content (AvgIpc) is 2.77. The van der Waals surface area contributed by atoms with Crippen LogP contribution in [0.4, 0.5) is 11.4 Å². The number of nitriles is 1. The van der Waals surface area contributed by atoms with Crippen LogP contribution in [0.5, 0.6) is 5.88 Å². The number of azo groups is 1. The second-order valence-electron chi connectivity index (χ2n) is 6.77. The molecule has 1 N–H and O–H groups in total. The number of rotatable bonds is 4. The number of fused-ring (bicyclic) bond motifs is 1. The van der Waals surface area contributed by atoms with E-state index in [0.717, 1.165) is 15.3 Å². The molecule has 2 aromatic carbocycles. The van der Waals surface area contributed by atoms with Gasteiger partial charge in [-0.2, -0.15) is 10.4 Å². The fraction of sp³-hybridized carbons (Fsp3) is 0.0870. The average molecular weight is 395 g/mol. The molecular formula is C23H17N5O2. The zero-order valence-corrected chi connectivity index (χ0v) is 16.1. The highest BCUT2D eigenvalue weighted by atomic mass is 16.3. The van der Waals surface area contributed by atoms with Crippen LogP contribution < -0.4 is 5.56 Å². The van der Waals surface area contributed by atoms with Crippen LogP contribution in [0, 0.1) is 18.3 Å². The van der Waals surface area contributed by atoms with Crippen LogP contribution >= 0.6 is 0 Å². The maximum atomic E-state index is 13.0.